The van der Waals surface area contributed by atoms with Crippen LogP contribution in [0.4, 0.5) is 0 Å². The summed E-state index contributed by atoms with van der Waals surface area (Å²) in [6.45, 7) is 4.62. The second-order valence-corrected chi connectivity index (χ2v) is 4.70. The fourth-order valence-corrected chi connectivity index (χ4v) is 1.71. The van der Waals surface area contributed by atoms with E-state index in [1.54, 1.807) is 0 Å². The molecule has 1 aliphatic rings. The Hall–Kier alpha value is -1.60. The summed E-state index contributed by atoms with van der Waals surface area (Å²) in [7, 11) is 0. The minimum absolute atomic E-state index is 0.394. The van der Waals surface area contributed by atoms with Gasteiger partial charge in [-0.2, -0.15) is 5.26 Å². The molecule has 4 heteroatoms. The Morgan fingerprint density at radius 1 is 1.56 bits per heavy atom. The molecule has 1 atom stereocenters. The maximum absolute atomic E-state index is 8.95. The molecule has 0 saturated heterocycles. The lowest BCUT2D eigenvalue weighted by Gasteiger charge is -2.14. The molecule has 1 aliphatic carbocycles. The van der Waals surface area contributed by atoms with Gasteiger partial charge in [-0.05, 0) is 38.3 Å². The van der Waals surface area contributed by atoms with Crippen molar-refractivity contribution in [1.82, 2.24) is 10.3 Å². The van der Waals surface area contributed by atoms with Crippen molar-refractivity contribution in [1.29, 1.82) is 5.26 Å². The van der Waals surface area contributed by atoms with Gasteiger partial charge < -0.3 is 10.1 Å². The van der Waals surface area contributed by atoms with Crippen LogP contribution in [0.1, 0.15) is 37.6 Å². The monoisotopic (exact) mass is 245 g/mol. The maximum atomic E-state index is 8.95. The fourth-order valence-electron chi connectivity index (χ4n) is 1.71. The summed E-state index contributed by atoms with van der Waals surface area (Å²) in [4.78, 5) is 4.50. The van der Waals surface area contributed by atoms with Crippen molar-refractivity contribution in [3.8, 4) is 11.8 Å². The molecule has 0 aliphatic heterocycles. The largest absolute Gasteiger partial charge is 0.474 e. The molecule has 1 fully saturated rings. The molecule has 96 valence electrons. The Morgan fingerprint density at radius 3 is 2.94 bits per heavy atom. The smallest absolute Gasteiger partial charge is 0.184 e. The molecule has 1 aromatic heterocycles. The average molecular weight is 245 g/mol. The number of ether oxygens (including phenoxy) is 1. The molecule has 18 heavy (non-hydrogen) atoms. The lowest BCUT2D eigenvalue weighted by Crippen LogP contribution is -2.19. The van der Waals surface area contributed by atoms with E-state index in [2.05, 4.69) is 16.4 Å². The minimum Gasteiger partial charge on any atom is -0.474 e. The van der Waals surface area contributed by atoms with Gasteiger partial charge in [-0.3, -0.25) is 4.98 Å². The van der Waals surface area contributed by atoms with E-state index in [1.165, 1.54) is 12.8 Å². The molecule has 1 saturated carbocycles. The van der Waals surface area contributed by atoms with Gasteiger partial charge in [0.15, 0.2) is 6.10 Å². The molecule has 0 radical (unpaired) electrons. The van der Waals surface area contributed by atoms with E-state index in [1.807, 2.05) is 26.0 Å². The second kappa shape index (κ2) is 5.83. The molecule has 0 bridgehead atoms. The van der Waals surface area contributed by atoms with Crippen LogP contribution in [0.2, 0.25) is 0 Å². The van der Waals surface area contributed by atoms with Gasteiger partial charge in [-0.15, -0.1) is 0 Å². The third kappa shape index (κ3) is 3.44. The highest BCUT2D eigenvalue weighted by Gasteiger charge is 2.21. The SMILES string of the molecule is CCC(C#N)Oc1ccc(C)nc1CNC1CC1. The first kappa shape index (κ1) is 12.8. The zero-order chi connectivity index (χ0) is 13.0. The van der Waals surface area contributed by atoms with Crippen LogP contribution in [0.15, 0.2) is 12.1 Å². The Bertz CT molecular complexity index is 449. The van der Waals surface area contributed by atoms with Gasteiger partial charge in [-0.1, -0.05) is 6.92 Å². The minimum atomic E-state index is -0.394. The Morgan fingerprint density at radius 2 is 2.33 bits per heavy atom. The molecule has 0 amide bonds. The molecule has 1 unspecified atom stereocenters. The van der Waals surface area contributed by atoms with Crippen LogP contribution >= 0.6 is 0 Å². The highest BCUT2D eigenvalue weighted by atomic mass is 16.5. The second-order valence-electron chi connectivity index (χ2n) is 4.70. The number of aryl methyl sites for hydroxylation is 1. The lowest BCUT2D eigenvalue weighted by molar-refractivity contribution is 0.247. The summed E-state index contributed by atoms with van der Waals surface area (Å²) in [6.07, 6.45) is 2.78. The van der Waals surface area contributed by atoms with E-state index >= 15 is 0 Å². The molecule has 1 N–H and O–H groups in total. The van der Waals surface area contributed by atoms with Gasteiger partial charge in [0.1, 0.15) is 11.8 Å². The summed E-state index contributed by atoms with van der Waals surface area (Å²) >= 11 is 0. The van der Waals surface area contributed by atoms with Crippen LogP contribution in [-0.2, 0) is 6.54 Å². The van der Waals surface area contributed by atoms with Crippen LogP contribution in [0, 0.1) is 18.3 Å². The molecule has 0 aromatic carbocycles. The predicted molar refractivity (Wildman–Crippen MR) is 69.2 cm³/mol. The third-order valence-corrected chi connectivity index (χ3v) is 2.99. The van der Waals surface area contributed by atoms with Gasteiger partial charge in [0.05, 0.1) is 5.69 Å². The number of hydrogen-bond donors (Lipinski definition) is 1. The van der Waals surface area contributed by atoms with E-state index in [4.69, 9.17) is 10.00 Å². The predicted octanol–water partition coefficient (Wildman–Crippen LogP) is 2.32. The fraction of sp³-hybridized carbons (Fsp3) is 0.571. The summed E-state index contributed by atoms with van der Waals surface area (Å²) in [6, 6.07) is 6.61. The van der Waals surface area contributed by atoms with Crippen molar-refractivity contribution in [2.45, 2.75) is 51.8 Å². The summed E-state index contributed by atoms with van der Waals surface area (Å²) in [5.41, 5.74) is 1.87. The number of hydrogen-bond acceptors (Lipinski definition) is 4. The summed E-state index contributed by atoms with van der Waals surface area (Å²) in [5, 5.41) is 12.4. The van der Waals surface area contributed by atoms with E-state index in [9.17, 15) is 0 Å². The van der Waals surface area contributed by atoms with Crippen LogP contribution in [0.25, 0.3) is 0 Å². The normalized spacial score (nSPS) is 16.1. The van der Waals surface area contributed by atoms with Crippen molar-refractivity contribution in [2.24, 2.45) is 0 Å². The van der Waals surface area contributed by atoms with Crippen LogP contribution in [-0.4, -0.2) is 17.1 Å². The molecule has 0 spiro atoms. The molecule has 2 rings (SSSR count). The van der Waals surface area contributed by atoms with Gasteiger partial charge >= 0.3 is 0 Å². The number of rotatable bonds is 6. The van der Waals surface area contributed by atoms with Gasteiger partial charge in [0.25, 0.3) is 0 Å². The number of nitrogens with zero attached hydrogens (tertiary/aromatic N) is 2. The van der Waals surface area contributed by atoms with Crippen molar-refractivity contribution in [3.63, 3.8) is 0 Å². The van der Waals surface area contributed by atoms with E-state index in [0.717, 1.165) is 17.1 Å². The lowest BCUT2D eigenvalue weighted by atomic mass is 10.2. The molecule has 1 heterocycles. The van der Waals surface area contributed by atoms with Crippen LogP contribution in [0.3, 0.4) is 0 Å². The first-order valence-corrected chi connectivity index (χ1v) is 6.49. The topological polar surface area (TPSA) is 57.9 Å². The molecular weight excluding hydrogens is 226 g/mol. The maximum Gasteiger partial charge on any atom is 0.184 e. The number of pyridine rings is 1. The van der Waals surface area contributed by atoms with Crippen LogP contribution in [0.5, 0.6) is 5.75 Å². The van der Waals surface area contributed by atoms with Crippen molar-refractivity contribution < 1.29 is 4.74 Å². The molecular formula is C14H19N3O. The highest BCUT2D eigenvalue weighted by molar-refractivity contribution is 5.30. The quantitative estimate of drug-likeness (QED) is 0.835. The Kier molecular flexibility index (Phi) is 4.16. The Labute approximate surface area is 108 Å². The van der Waals surface area contributed by atoms with E-state index in [0.29, 0.717) is 19.0 Å². The summed E-state index contributed by atoms with van der Waals surface area (Å²) < 4.78 is 5.69. The molecule has 4 nitrogen and oxygen atoms in total. The van der Waals surface area contributed by atoms with Gasteiger partial charge in [0, 0.05) is 18.3 Å². The van der Waals surface area contributed by atoms with E-state index in [-0.39, 0.29) is 0 Å². The number of nitriles is 1. The Balaban J connectivity index is 2.08. The number of aromatic nitrogens is 1. The summed E-state index contributed by atoms with van der Waals surface area (Å²) in [5.74, 6) is 0.724. The van der Waals surface area contributed by atoms with Crippen molar-refractivity contribution >= 4 is 0 Å². The average Bonchev–Trinajstić information content (AvgIpc) is 3.19. The van der Waals surface area contributed by atoms with Gasteiger partial charge in [-0.25, -0.2) is 0 Å². The third-order valence-electron chi connectivity index (χ3n) is 2.99. The first-order valence-electron chi connectivity index (χ1n) is 6.49. The zero-order valence-corrected chi connectivity index (χ0v) is 10.9. The van der Waals surface area contributed by atoms with E-state index < -0.39 is 6.10 Å². The molecule has 1 aromatic rings. The van der Waals surface area contributed by atoms with Gasteiger partial charge in [0.2, 0.25) is 0 Å². The zero-order valence-electron chi connectivity index (χ0n) is 10.9. The standard InChI is InChI=1S/C14H19N3O/c1-3-12(8-15)18-14-7-4-10(2)17-13(14)9-16-11-5-6-11/h4,7,11-12,16H,3,5-6,9H2,1-2H3. The highest BCUT2D eigenvalue weighted by Crippen LogP contribution is 2.23. The first-order chi connectivity index (χ1) is 8.72. The number of nitrogens with one attached hydrogen (secondary N) is 1. The van der Waals surface area contributed by atoms with Crippen LogP contribution < -0.4 is 10.1 Å². The van der Waals surface area contributed by atoms with Crippen molar-refractivity contribution in [2.75, 3.05) is 0 Å². The van der Waals surface area contributed by atoms with Crippen molar-refractivity contribution in [3.05, 3.63) is 23.5 Å².